The number of hydrogen-bond acceptors (Lipinski definition) is 9. The van der Waals surface area contributed by atoms with E-state index in [9.17, 15) is 10.1 Å². The second-order valence-electron chi connectivity index (χ2n) is 10.7. The summed E-state index contributed by atoms with van der Waals surface area (Å²) in [5, 5.41) is 18.9. The minimum atomic E-state index is -0.674. The molecule has 0 amide bonds. The molecule has 2 heterocycles. The summed E-state index contributed by atoms with van der Waals surface area (Å²) < 4.78 is 6.40. The molecule has 9 heteroatoms. The molecule has 0 atom stereocenters. The van der Waals surface area contributed by atoms with Crippen molar-refractivity contribution in [1.29, 1.82) is 5.26 Å². The van der Waals surface area contributed by atoms with Gasteiger partial charge in [-0.2, -0.15) is 5.26 Å². The maximum absolute atomic E-state index is 12.7. The molecule has 230 valence electrons. The van der Waals surface area contributed by atoms with E-state index in [0.29, 0.717) is 10.9 Å². The van der Waals surface area contributed by atoms with Crippen molar-refractivity contribution in [3.63, 3.8) is 0 Å². The molecule has 0 aliphatic carbocycles. The summed E-state index contributed by atoms with van der Waals surface area (Å²) in [5.74, 6) is -0.246. The number of azo groups is 1. The van der Waals surface area contributed by atoms with Gasteiger partial charge in [0.25, 0.3) is 0 Å². The van der Waals surface area contributed by atoms with E-state index in [1.165, 1.54) is 78.9 Å². The van der Waals surface area contributed by atoms with Crippen LogP contribution in [0.1, 0.15) is 82.6 Å². The lowest BCUT2D eigenvalue weighted by atomic mass is 10.1. The first-order valence-corrected chi connectivity index (χ1v) is 17.3. The Balaban J connectivity index is 1.35. The van der Waals surface area contributed by atoms with E-state index in [4.69, 9.17) is 4.74 Å². The largest absolute Gasteiger partial charge is 0.422 e. The van der Waals surface area contributed by atoms with Gasteiger partial charge in [-0.15, -0.1) is 21.6 Å². The van der Waals surface area contributed by atoms with Gasteiger partial charge in [0.2, 0.25) is 5.13 Å². The fourth-order valence-corrected chi connectivity index (χ4v) is 6.66. The normalized spacial score (nSPS) is 11.7. The SMILES string of the molecule is CCCCCCc1ccc(OC(=O)/C(C#N)=C/c2cc3sc(N=Nc4ccc(N(CCCC)CCCC)cc4)nc3s2)cc1. The first-order valence-electron chi connectivity index (χ1n) is 15.6. The number of fused-ring (bicyclic) bond motifs is 1. The summed E-state index contributed by atoms with van der Waals surface area (Å²) in [4.78, 5) is 21.3. The quantitative estimate of drug-likeness (QED) is 0.0290. The van der Waals surface area contributed by atoms with E-state index >= 15 is 0 Å². The van der Waals surface area contributed by atoms with E-state index < -0.39 is 5.97 Å². The zero-order valence-corrected chi connectivity index (χ0v) is 27.6. The number of thiazole rings is 1. The van der Waals surface area contributed by atoms with Gasteiger partial charge in [0.1, 0.15) is 22.2 Å². The number of carbonyl (C=O) groups excluding carboxylic acids is 1. The summed E-state index contributed by atoms with van der Waals surface area (Å²) >= 11 is 2.82. The van der Waals surface area contributed by atoms with Gasteiger partial charge in [-0.05, 0) is 79.8 Å². The number of anilines is 1. The molecule has 0 aliphatic heterocycles. The molecule has 0 N–H and O–H groups in total. The second-order valence-corrected chi connectivity index (χ2v) is 12.8. The zero-order valence-electron chi connectivity index (χ0n) is 25.9. The zero-order chi connectivity index (χ0) is 31.1. The number of hydrogen-bond donors (Lipinski definition) is 0. The summed E-state index contributed by atoms with van der Waals surface area (Å²) in [7, 11) is 0. The van der Waals surface area contributed by atoms with Crippen molar-refractivity contribution >= 4 is 60.8 Å². The van der Waals surface area contributed by atoms with Crippen LogP contribution in [0.3, 0.4) is 0 Å². The van der Waals surface area contributed by atoms with Crippen LogP contribution >= 0.6 is 22.7 Å². The van der Waals surface area contributed by atoms with Gasteiger partial charge in [-0.3, -0.25) is 0 Å². The molecule has 0 saturated carbocycles. The Hall–Kier alpha value is -3.87. The lowest BCUT2D eigenvalue weighted by Gasteiger charge is -2.24. The first-order chi connectivity index (χ1) is 21.5. The number of rotatable bonds is 17. The molecule has 4 rings (SSSR count). The van der Waals surface area contributed by atoms with Crippen molar-refractivity contribution in [3.8, 4) is 11.8 Å². The summed E-state index contributed by atoms with van der Waals surface area (Å²) in [5.41, 5.74) is 3.15. The number of ether oxygens (including phenoxy) is 1. The van der Waals surface area contributed by atoms with Crippen LogP contribution in [0.25, 0.3) is 15.6 Å². The van der Waals surface area contributed by atoms with Crippen molar-refractivity contribution in [3.05, 3.63) is 70.6 Å². The standard InChI is InChI=1S/C35H41N5O2S2/c1-4-7-10-11-12-26-13-19-30(20-14-26)42-34(41)27(25-36)23-31-24-32-33(43-31)37-35(44-32)39-38-28-15-17-29(18-16-28)40(21-8-5-2)22-9-6-3/h13-20,23-24H,4-12,21-22H2,1-3H3/b27-23+,39-38?. The van der Waals surface area contributed by atoms with Crippen molar-refractivity contribution in [2.75, 3.05) is 18.0 Å². The van der Waals surface area contributed by atoms with Gasteiger partial charge in [-0.1, -0.05) is 76.3 Å². The molecule has 44 heavy (non-hydrogen) atoms. The van der Waals surface area contributed by atoms with Gasteiger partial charge in [-0.25, -0.2) is 9.78 Å². The number of nitrogens with zero attached hydrogens (tertiary/aromatic N) is 5. The van der Waals surface area contributed by atoms with Gasteiger partial charge in [0, 0.05) is 23.7 Å². The van der Waals surface area contributed by atoms with Crippen LogP contribution in [0.2, 0.25) is 0 Å². The molecule has 0 unspecified atom stereocenters. The molecule has 0 fully saturated rings. The Morgan fingerprint density at radius 1 is 0.909 bits per heavy atom. The maximum atomic E-state index is 12.7. The lowest BCUT2D eigenvalue weighted by Crippen LogP contribution is -2.25. The van der Waals surface area contributed by atoms with Gasteiger partial charge in [0.05, 0.1) is 10.4 Å². The Labute approximate surface area is 268 Å². The highest BCUT2D eigenvalue weighted by molar-refractivity contribution is 7.29. The molecule has 0 saturated heterocycles. The smallest absolute Gasteiger partial charge is 0.354 e. The molecule has 4 aromatic rings. The number of carbonyl (C=O) groups is 1. The molecule has 0 aliphatic rings. The van der Waals surface area contributed by atoms with E-state index in [2.05, 4.69) is 53.0 Å². The van der Waals surface area contributed by atoms with E-state index in [0.717, 1.165) is 46.0 Å². The predicted octanol–water partition coefficient (Wildman–Crippen LogP) is 10.8. The van der Waals surface area contributed by atoms with Crippen molar-refractivity contribution in [2.45, 2.75) is 78.6 Å². The third-order valence-electron chi connectivity index (χ3n) is 7.21. The molecular weight excluding hydrogens is 587 g/mol. The van der Waals surface area contributed by atoms with Gasteiger partial charge in [0.15, 0.2) is 0 Å². The Bertz CT molecular complexity index is 1540. The van der Waals surface area contributed by atoms with Crippen molar-refractivity contribution in [2.24, 2.45) is 10.2 Å². The van der Waals surface area contributed by atoms with Crippen LogP contribution in [0.15, 0.2) is 70.4 Å². The number of unbranched alkanes of at least 4 members (excludes halogenated alkanes) is 5. The molecular formula is C35H41N5O2S2. The van der Waals surface area contributed by atoms with Crippen LogP contribution in [-0.4, -0.2) is 24.0 Å². The van der Waals surface area contributed by atoms with Crippen LogP contribution < -0.4 is 9.64 Å². The highest BCUT2D eigenvalue weighted by Crippen LogP contribution is 2.36. The Morgan fingerprint density at radius 3 is 2.25 bits per heavy atom. The number of nitriles is 1. The summed E-state index contributed by atoms with van der Waals surface area (Å²) in [6, 6.07) is 19.6. The number of aryl methyl sites for hydroxylation is 1. The maximum Gasteiger partial charge on any atom is 0.354 e. The van der Waals surface area contributed by atoms with E-state index in [1.54, 1.807) is 18.2 Å². The fourth-order valence-electron chi connectivity index (χ4n) is 4.68. The fraction of sp³-hybridized carbons (Fsp3) is 0.400. The minimum Gasteiger partial charge on any atom is -0.422 e. The predicted molar refractivity (Wildman–Crippen MR) is 184 cm³/mol. The molecule has 0 spiro atoms. The van der Waals surface area contributed by atoms with E-state index in [1.807, 2.05) is 36.4 Å². The Morgan fingerprint density at radius 2 is 1.61 bits per heavy atom. The number of esters is 1. The molecule has 2 aromatic heterocycles. The van der Waals surface area contributed by atoms with Crippen molar-refractivity contribution < 1.29 is 9.53 Å². The summed E-state index contributed by atoms with van der Waals surface area (Å²) in [6.45, 7) is 8.77. The number of aromatic nitrogens is 1. The molecule has 0 radical (unpaired) electrons. The third kappa shape index (κ3) is 9.83. The highest BCUT2D eigenvalue weighted by atomic mass is 32.1. The van der Waals surface area contributed by atoms with Gasteiger partial charge >= 0.3 is 5.97 Å². The van der Waals surface area contributed by atoms with Crippen molar-refractivity contribution in [1.82, 2.24) is 4.98 Å². The monoisotopic (exact) mass is 627 g/mol. The van der Waals surface area contributed by atoms with Gasteiger partial charge < -0.3 is 9.64 Å². The topological polar surface area (TPSA) is 90.9 Å². The number of thiophene rings is 1. The van der Waals surface area contributed by atoms with Crippen LogP contribution in [-0.2, 0) is 11.2 Å². The number of benzene rings is 2. The van der Waals surface area contributed by atoms with E-state index in [-0.39, 0.29) is 5.57 Å². The average molecular weight is 628 g/mol. The molecule has 0 bridgehead atoms. The van der Waals surface area contributed by atoms with Crippen LogP contribution in [0.5, 0.6) is 5.75 Å². The third-order valence-corrected chi connectivity index (χ3v) is 9.20. The summed E-state index contributed by atoms with van der Waals surface area (Å²) in [6.07, 6.45) is 12.1. The average Bonchev–Trinajstić information content (AvgIpc) is 3.60. The molecule has 7 nitrogen and oxygen atoms in total. The second kappa shape index (κ2) is 17.4. The van der Waals surface area contributed by atoms with Crippen LogP contribution in [0.4, 0.5) is 16.5 Å². The highest BCUT2D eigenvalue weighted by Gasteiger charge is 2.15. The van der Waals surface area contributed by atoms with Crippen LogP contribution in [0, 0.1) is 11.3 Å². The lowest BCUT2D eigenvalue weighted by molar-refractivity contribution is -0.129. The minimum absolute atomic E-state index is 0.0612. The first kappa shape index (κ1) is 33.0. The Kier molecular flexibility index (Phi) is 13.1. The molecule has 2 aromatic carbocycles.